The van der Waals surface area contributed by atoms with Crippen LogP contribution in [0.15, 0.2) is 28.9 Å². The molecule has 2 aromatic rings. The van der Waals surface area contributed by atoms with E-state index in [-0.39, 0.29) is 0 Å². The van der Waals surface area contributed by atoms with Crippen LogP contribution in [-0.4, -0.2) is 20.7 Å². The van der Waals surface area contributed by atoms with Gasteiger partial charge in [-0.2, -0.15) is 0 Å². The lowest BCUT2D eigenvalue weighted by molar-refractivity contribution is 0.409. The van der Waals surface area contributed by atoms with Gasteiger partial charge < -0.3 is 14.5 Å². The van der Waals surface area contributed by atoms with Crippen LogP contribution < -0.4 is 10.1 Å². The molecular weight excluding hydrogens is 190 g/mol. The van der Waals surface area contributed by atoms with Crippen molar-refractivity contribution < 1.29 is 9.15 Å². The van der Waals surface area contributed by atoms with Crippen molar-refractivity contribution in [3.8, 4) is 5.75 Å². The van der Waals surface area contributed by atoms with Crippen LogP contribution in [-0.2, 0) is 6.42 Å². The van der Waals surface area contributed by atoms with Gasteiger partial charge in [0, 0.05) is 5.39 Å². The van der Waals surface area contributed by atoms with Gasteiger partial charge in [0.2, 0.25) is 0 Å². The Labute approximate surface area is 89.0 Å². The highest BCUT2D eigenvalue weighted by Gasteiger charge is 2.06. The van der Waals surface area contributed by atoms with Gasteiger partial charge in [0.25, 0.3) is 0 Å². The summed E-state index contributed by atoms with van der Waals surface area (Å²) >= 11 is 0. The third kappa shape index (κ3) is 1.97. The van der Waals surface area contributed by atoms with E-state index in [4.69, 9.17) is 9.15 Å². The molecule has 3 heteroatoms. The lowest BCUT2D eigenvalue weighted by atomic mass is 10.1. The lowest BCUT2D eigenvalue weighted by Gasteiger charge is -2.05. The Hall–Kier alpha value is -1.48. The van der Waals surface area contributed by atoms with E-state index in [1.807, 2.05) is 19.2 Å². The summed E-state index contributed by atoms with van der Waals surface area (Å²) in [6, 6.07) is 6.13. The van der Waals surface area contributed by atoms with E-state index in [9.17, 15) is 0 Å². The van der Waals surface area contributed by atoms with Crippen LogP contribution in [0.5, 0.6) is 5.75 Å². The van der Waals surface area contributed by atoms with Gasteiger partial charge in [-0.1, -0.05) is 0 Å². The molecule has 1 N–H and O–H groups in total. The fourth-order valence-electron chi connectivity index (χ4n) is 1.67. The number of furan rings is 1. The molecule has 0 unspecified atom stereocenters. The van der Waals surface area contributed by atoms with Crippen molar-refractivity contribution in [3.05, 3.63) is 30.0 Å². The summed E-state index contributed by atoms with van der Waals surface area (Å²) < 4.78 is 10.7. The molecular formula is C12H15NO2. The third-order valence-electron chi connectivity index (χ3n) is 2.46. The van der Waals surface area contributed by atoms with Crippen molar-refractivity contribution in [2.75, 3.05) is 20.7 Å². The van der Waals surface area contributed by atoms with E-state index < -0.39 is 0 Å². The van der Waals surface area contributed by atoms with E-state index in [1.165, 1.54) is 5.56 Å². The Morgan fingerprint density at radius 2 is 2.27 bits per heavy atom. The van der Waals surface area contributed by atoms with Gasteiger partial charge in [0.15, 0.2) is 11.3 Å². The van der Waals surface area contributed by atoms with E-state index in [2.05, 4.69) is 11.4 Å². The highest BCUT2D eigenvalue weighted by Crippen LogP contribution is 2.28. The largest absolute Gasteiger partial charge is 0.493 e. The number of hydrogen-bond donors (Lipinski definition) is 1. The Morgan fingerprint density at radius 3 is 3.00 bits per heavy atom. The minimum Gasteiger partial charge on any atom is -0.493 e. The average molecular weight is 205 g/mol. The van der Waals surface area contributed by atoms with E-state index in [0.29, 0.717) is 0 Å². The average Bonchev–Trinajstić information content (AvgIpc) is 2.73. The second kappa shape index (κ2) is 4.36. The zero-order valence-corrected chi connectivity index (χ0v) is 9.04. The molecule has 15 heavy (non-hydrogen) atoms. The van der Waals surface area contributed by atoms with E-state index in [1.54, 1.807) is 13.4 Å². The van der Waals surface area contributed by atoms with Gasteiger partial charge in [0.05, 0.1) is 13.4 Å². The number of rotatable bonds is 4. The molecule has 0 bridgehead atoms. The Morgan fingerprint density at radius 1 is 1.40 bits per heavy atom. The predicted molar refractivity (Wildman–Crippen MR) is 60.4 cm³/mol. The van der Waals surface area contributed by atoms with Gasteiger partial charge in [0.1, 0.15) is 0 Å². The first-order valence-electron chi connectivity index (χ1n) is 5.04. The minimum atomic E-state index is 0.809. The highest BCUT2D eigenvalue weighted by atomic mass is 16.5. The summed E-state index contributed by atoms with van der Waals surface area (Å²) in [5.74, 6) is 0.809. The molecule has 0 aliphatic rings. The van der Waals surface area contributed by atoms with Gasteiger partial charge in [-0.3, -0.25) is 0 Å². The first-order chi connectivity index (χ1) is 7.35. The van der Waals surface area contributed by atoms with Crippen LogP contribution >= 0.6 is 0 Å². The van der Waals surface area contributed by atoms with Crippen molar-refractivity contribution >= 4 is 11.0 Å². The first-order valence-corrected chi connectivity index (χ1v) is 5.04. The van der Waals surface area contributed by atoms with Crippen molar-refractivity contribution in [3.63, 3.8) is 0 Å². The summed E-state index contributed by atoms with van der Waals surface area (Å²) in [7, 11) is 3.62. The van der Waals surface area contributed by atoms with Crippen molar-refractivity contribution in [2.24, 2.45) is 0 Å². The second-order valence-corrected chi connectivity index (χ2v) is 3.49. The predicted octanol–water partition coefficient (Wildman–Crippen LogP) is 2.20. The third-order valence-corrected chi connectivity index (χ3v) is 2.46. The summed E-state index contributed by atoms with van der Waals surface area (Å²) in [5.41, 5.74) is 2.08. The summed E-state index contributed by atoms with van der Waals surface area (Å²) in [4.78, 5) is 0. The molecule has 0 spiro atoms. The zero-order chi connectivity index (χ0) is 10.7. The van der Waals surface area contributed by atoms with Crippen LogP contribution in [0.4, 0.5) is 0 Å². The number of hydrogen-bond acceptors (Lipinski definition) is 3. The van der Waals surface area contributed by atoms with Crippen molar-refractivity contribution in [1.82, 2.24) is 5.32 Å². The molecule has 80 valence electrons. The maximum absolute atomic E-state index is 5.36. The molecule has 2 rings (SSSR count). The van der Waals surface area contributed by atoms with Crippen LogP contribution in [0.2, 0.25) is 0 Å². The molecule has 1 heterocycles. The molecule has 0 radical (unpaired) electrons. The molecule has 0 amide bonds. The van der Waals surface area contributed by atoms with Gasteiger partial charge >= 0.3 is 0 Å². The molecule has 0 aliphatic carbocycles. The monoisotopic (exact) mass is 205 g/mol. The maximum Gasteiger partial charge on any atom is 0.175 e. The molecule has 3 nitrogen and oxygen atoms in total. The lowest BCUT2D eigenvalue weighted by Crippen LogP contribution is -2.10. The standard InChI is InChI=1S/C12H15NO2/c1-13-5-3-9-7-10-4-6-15-12(10)11(8-9)14-2/h4,6-8,13H,3,5H2,1-2H3. The number of methoxy groups -OCH3 is 1. The van der Waals surface area contributed by atoms with Crippen LogP contribution in [0.1, 0.15) is 5.56 Å². The summed E-state index contributed by atoms with van der Waals surface area (Å²) in [6.45, 7) is 0.965. The number of likely N-dealkylation sites (N-methyl/N-ethyl adjacent to an activating group) is 1. The number of ether oxygens (including phenoxy) is 1. The van der Waals surface area contributed by atoms with Crippen molar-refractivity contribution in [2.45, 2.75) is 6.42 Å². The second-order valence-electron chi connectivity index (χ2n) is 3.49. The normalized spacial score (nSPS) is 10.8. The van der Waals surface area contributed by atoms with E-state index in [0.717, 1.165) is 29.7 Å². The Balaban J connectivity index is 2.40. The Kier molecular flexibility index (Phi) is 2.92. The summed E-state index contributed by atoms with van der Waals surface area (Å²) in [6.07, 6.45) is 2.68. The van der Waals surface area contributed by atoms with Gasteiger partial charge in [-0.15, -0.1) is 0 Å². The molecule has 0 aliphatic heterocycles. The zero-order valence-electron chi connectivity index (χ0n) is 9.04. The summed E-state index contributed by atoms with van der Waals surface area (Å²) in [5, 5.41) is 4.23. The minimum absolute atomic E-state index is 0.809. The molecule has 0 saturated carbocycles. The quantitative estimate of drug-likeness (QED) is 0.831. The molecule has 0 fully saturated rings. The maximum atomic E-state index is 5.36. The van der Waals surface area contributed by atoms with Crippen LogP contribution in [0.3, 0.4) is 0 Å². The van der Waals surface area contributed by atoms with Gasteiger partial charge in [-0.25, -0.2) is 0 Å². The molecule has 1 aromatic heterocycles. The first kappa shape index (κ1) is 10.1. The van der Waals surface area contributed by atoms with Crippen LogP contribution in [0, 0.1) is 0 Å². The van der Waals surface area contributed by atoms with Crippen molar-refractivity contribution in [1.29, 1.82) is 0 Å². The fourth-order valence-corrected chi connectivity index (χ4v) is 1.67. The highest BCUT2D eigenvalue weighted by molar-refractivity contribution is 5.83. The van der Waals surface area contributed by atoms with Gasteiger partial charge in [-0.05, 0) is 43.8 Å². The fraction of sp³-hybridized carbons (Fsp3) is 0.333. The van der Waals surface area contributed by atoms with Crippen LogP contribution in [0.25, 0.3) is 11.0 Å². The SMILES string of the molecule is CNCCc1cc(OC)c2occc2c1. The Bertz CT molecular complexity index is 448. The topological polar surface area (TPSA) is 34.4 Å². The van der Waals surface area contributed by atoms with E-state index >= 15 is 0 Å². The molecule has 1 aromatic carbocycles. The number of nitrogens with one attached hydrogen (secondary N) is 1. The smallest absolute Gasteiger partial charge is 0.175 e. The molecule has 0 saturated heterocycles. The molecule has 0 atom stereocenters. The number of fused-ring (bicyclic) bond motifs is 1. The number of benzene rings is 1.